The first kappa shape index (κ1) is 10.4. The molecule has 0 aromatic carbocycles. The van der Waals surface area contributed by atoms with E-state index >= 15 is 0 Å². The molecule has 62 valence electrons. The van der Waals surface area contributed by atoms with Crippen LogP contribution in [-0.2, 0) is 4.12 Å². The minimum atomic E-state index is -1.41. The summed E-state index contributed by atoms with van der Waals surface area (Å²) < 4.78 is 7.92. The maximum absolute atomic E-state index is 5.64. The first-order valence-corrected chi connectivity index (χ1v) is 7.17. The van der Waals surface area contributed by atoms with Gasteiger partial charge in [-0.05, 0) is 26.7 Å². The van der Waals surface area contributed by atoms with Crippen molar-refractivity contribution in [3.05, 3.63) is 0 Å². The Morgan fingerprint density at radius 3 is 2.10 bits per heavy atom. The Balaban J connectivity index is 3.94. The molecule has 4 heteroatoms. The maximum Gasteiger partial charge on any atom is 0.256 e. The molecule has 0 aromatic rings. The van der Waals surface area contributed by atoms with Gasteiger partial charge in [-0.25, -0.2) is 0 Å². The fourth-order valence-electron chi connectivity index (χ4n) is 0.972. The molecular formula is C6H19NOSi2. The normalized spacial score (nSPS) is 17.7. The minimum Gasteiger partial charge on any atom is -0.453 e. The number of rotatable bonds is 4. The summed E-state index contributed by atoms with van der Waals surface area (Å²) >= 11 is 0. The van der Waals surface area contributed by atoms with Gasteiger partial charge in [0.15, 0.2) is 0 Å². The standard InChI is InChI=1S/C6H19NOSi2/c1-5-6-10(4,8-9)7(2)3/h5-6H2,1-4,9H3. The van der Waals surface area contributed by atoms with E-state index in [0.29, 0.717) is 0 Å². The van der Waals surface area contributed by atoms with Crippen LogP contribution >= 0.6 is 0 Å². The molecule has 0 heterocycles. The van der Waals surface area contributed by atoms with E-state index in [9.17, 15) is 0 Å². The first-order chi connectivity index (χ1) is 4.56. The highest BCUT2D eigenvalue weighted by Gasteiger charge is 2.28. The van der Waals surface area contributed by atoms with Crippen molar-refractivity contribution < 1.29 is 4.12 Å². The number of nitrogens with zero attached hydrogens (tertiary/aromatic N) is 1. The van der Waals surface area contributed by atoms with Crippen molar-refractivity contribution in [2.24, 2.45) is 0 Å². The fraction of sp³-hybridized carbons (Fsp3) is 1.00. The summed E-state index contributed by atoms with van der Waals surface area (Å²) in [6.07, 6.45) is 1.24. The molecule has 0 aliphatic rings. The summed E-state index contributed by atoms with van der Waals surface area (Å²) in [6.45, 7) is 4.50. The molecule has 0 fully saturated rings. The zero-order valence-electron chi connectivity index (χ0n) is 7.77. The van der Waals surface area contributed by atoms with E-state index < -0.39 is 8.48 Å². The Bertz CT molecular complexity index is 99.7. The molecule has 1 atom stereocenters. The van der Waals surface area contributed by atoms with Crippen LogP contribution in [0.3, 0.4) is 0 Å². The lowest BCUT2D eigenvalue weighted by atomic mass is 10.6. The third-order valence-electron chi connectivity index (χ3n) is 2.10. The van der Waals surface area contributed by atoms with Crippen molar-refractivity contribution in [3.63, 3.8) is 0 Å². The van der Waals surface area contributed by atoms with E-state index in [0.717, 1.165) is 10.5 Å². The molecular weight excluding hydrogens is 158 g/mol. The number of hydrogen-bond acceptors (Lipinski definition) is 2. The molecule has 10 heavy (non-hydrogen) atoms. The summed E-state index contributed by atoms with van der Waals surface area (Å²) in [6, 6.07) is 1.25. The van der Waals surface area contributed by atoms with Gasteiger partial charge >= 0.3 is 0 Å². The predicted octanol–water partition coefficient (Wildman–Crippen LogP) is 0.327. The largest absolute Gasteiger partial charge is 0.453 e. The molecule has 2 nitrogen and oxygen atoms in total. The second-order valence-corrected chi connectivity index (χ2v) is 8.40. The zero-order chi connectivity index (χ0) is 8.20. The SMILES string of the molecule is CCC[Si](C)(O[SiH3])N(C)C. The van der Waals surface area contributed by atoms with Gasteiger partial charge in [0, 0.05) is 0 Å². The molecule has 0 amide bonds. The van der Waals surface area contributed by atoms with Gasteiger partial charge in [0.05, 0.1) is 0 Å². The third-order valence-corrected chi connectivity index (χ3v) is 8.94. The van der Waals surface area contributed by atoms with Crippen LogP contribution in [0, 0.1) is 0 Å². The van der Waals surface area contributed by atoms with Gasteiger partial charge in [-0.15, -0.1) is 0 Å². The highest BCUT2D eigenvalue weighted by atomic mass is 28.4. The third kappa shape index (κ3) is 2.53. The molecule has 0 aliphatic heterocycles. The lowest BCUT2D eigenvalue weighted by Gasteiger charge is -2.32. The van der Waals surface area contributed by atoms with Crippen molar-refractivity contribution in [2.75, 3.05) is 14.1 Å². The van der Waals surface area contributed by atoms with Crippen LogP contribution in [0.4, 0.5) is 0 Å². The van der Waals surface area contributed by atoms with Crippen molar-refractivity contribution in [2.45, 2.75) is 25.9 Å². The molecule has 0 aromatic heterocycles. The van der Waals surface area contributed by atoms with Crippen molar-refractivity contribution in [1.29, 1.82) is 0 Å². The predicted molar refractivity (Wildman–Crippen MR) is 51.4 cm³/mol. The molecule has 0 rings (SSSR count). The van der Waals surface area contributed by atoms with E-state index in [4.69, 9.17) is 4.12 Å². The van der Waals surface area contributed by atoms with E-state index in [2.05, 4.69) is 32.1 Å². The van der Waals surface area contributed by atoms with Crippen molar-refractivity contribution >= 4 is 19.0 Å². The van der Waals surface area contributed by atoms with Crippen molar-refractivity contribution in [1.82, 2.24) is 4.57 Å². The average Bonchev–Trinajstić information content (AvgIpc) is 1.88. The topological polar surface area (TPSA) is 12.5 Å². The Morgan fingerprint density at radius 2 is 2.00 bits per heavy atom. The lowest BCUT2D eigenvalue weighted by Crippen LogP contribution is -2.48. The highest BCUT2D eigenvalue weighted by Crippen LogP contribution is 2.14. The first-order valence-electron chi connectivity index (χ1n) is 3.79. The summed E-state index contributed by atoms with van der Waals surface area (Å²) in [4.78, 5) is 0. The highest BCUT2D eigenvalue weighted by molar-refractivity contribution is 6.72. The number of hydrogen-bond donors (Lipinski definition) is 0. The van der Waals surface area contributed by atoms with Crippen LogP contribution in [0.1, 0.15) is 13.3 Å². The monoisotopic (exact) mass is 177 g/mol. The Labute approximate surface area is 68.3 Å². The Morgan fingerprint density at radius 1 is 1.50 bits per heavy atom. The lowest BCUT2D eigenvalue weighted by molar-refractivity contribution is 0.457. The van der Waals surface area contributed by atoms with E-state index in [-0.39, 0.29) is 0 Å². The van der Waals surface area contributed by atoms with Gasteiger partial charge < -0.3 is 8.68 Å². The maximum atomic E-state index is 5.64. The zero-order valence-corrected chi connectivity index (χ0v) is 10.8. The van der Waals surface area contributed by atoms with Crippen LogP contribution in [0.5, 0.6) is 0 Å². The average molecular weight is 177 g/mol. The van der Waals surface area contributed by atoms with Gasteiger partial charge in [-0.3, -0.25) is 0 Å². The van der Waals surface area contributed by atoms with Gasteiger partial charge in [-0.1, -0.05) is 13.3 Å². The molecule has 0 spiro atoms. The van der Waals surface area contributed by atoms with Crippen LogP contribution < -0.4 is 0 Å². The van der Waals surface area contributed by atoms with Gasteiger partial charge in [-0.2, -0.15) is 0 Å². The van der Waals surface area contributed by atoms with Crippen LogP contribution in [0.25, 0.3) is 0 Å². The molecule has 0 N–H and O–H groups in total. The summed E-state index contributed by atoms with van der Waals surface area (Å²) in [5.41, 5.74) is 0. The fourth-order valence-corrected chi connectivity index (χ4v) is 4.62. The molecule has 1 unspecified atom stereocenters. The van der Waals surface area contributed by atoms with E-state index in [1.54, 1.807) is 0 Å². The van der Waals surface area contributed by atoms with Crippen LogP contribution in [-0.4, -0.2) is 37.6 Å². The van der Waals surface area contributed by atoms with E-state index in [1.807, 2.05) is 0 Å². The van der Waals surface area contributed by atoms with Gasteiger partial charge in [0.25, 0.3) is 8.48 Å². The van der Waals surface area contributed by atoms with Crippen LogP contribution in [0.2, 0.25) is 12.6 Å². The van der Waals surface area contributed by atoms with Crippen LogP contribution in [0.15, 0.2) is 0 Å². The second kappa shape index (κ2) is 4.28. The quantitative estimate of drug-likeness (QED) is 0.574. The summed E-state index contributed by atoms with van der Waals surface area (Å²) in [5, 5.41) is 0. The Kier molecular flexibility index (Phi) is 4.43. The molecule has 0 aliphatic carbocycles. The molecule has 0 saturated heterocycles. The Hall–Kier alpha value is 0.354. The van der Waals surface area contributed by atoms with E-state index in [1.165, 1.54) is 12.5 Å². The summed E-state index contributed by atoms with van der Waals surface area (Å²) in [5.74, 6) is 0. The van der Waals surface area contributed by atoms with Gasteiger partial charge in [0.2, 0.25) is 0 Å². The molecule has 0 saturated carbocycles. The molecule has 0 radical (unpaired) electrons. The smallest absolute Gasteiger partial charge is 0.256 e. The summed E-state index contributed by atoms with van der Waals surface area (Å²) in [7, 11) is 3.72. The second-order valence-electron chi connectivity index (χ2n) is 3.02. The van der Waals surface area contributed by atoms with Gasteiger partial charge in [0.1, 0.15) is 10.5 Å². The minimum absolute atomic E-state index is 0.879. The van der Waals surface area contributed by atoms with Crippen molar-refractivity contribution in [3.8, 4) is 0 Å². The molecule has 0 bridgehead atoms.